The maximum atomic E-state index is 10.3. The fourth-order valence-electron chi connectivity index (χ4n) is 1.14. The van der Waals surface area contributed by atoms with Crippen molar-refractivity contribution in [3.05, 3.63) is 29.8 Å². The normalized spacial score (nSPS) is 11.7. The number of aliphatic hydroxyl groups is 2. The van der Waals surface area contributed by atoms with Gasteiger partial charge in [-0.15, -0.1) is 0 Å². The molecule has 1 aromatic carbocycles. The molecule has 0 bridgehead atoms. The number of amidine groups is 1. The van der Waals surface area contributed by atoms with E-state index in [9.17, 15) is 4.79 Å². The summed E-state index contributed by atoms with van der Waals surface area (Å²) in [6.07, 6.45) is -2.25. The number of aliphatic hydroxyl groups excluding tert-OH is 2. The fraction of sp³-hybridized carbons (Fsp3) is 0.273. The zero-order valence-corrected chi connectivity index (χ0v) is 9.46. The first-order valence-electron chi connectivity index (χ1n) is 5.13. The Morgan fingerprint density at radius 1 is 1.39 bits per heavy atom. The van der Waals surface area contributed by atoms with E-state index in [1.165, 1.54) is 24.3 Å². The Morgan fingerprint density at radius 3 is 2.50 bits per heavy atom. The number of nitrogens with one attached hydrogen (secondary N) is 2. The van der Waals surface area contributed by atoms with E-state index in [4.69, 9.17) is 25.5 Å². The van der Waals surface area contributed by atoms with Crippen molar-refractivity contribution >= 4 is 11.9 Å². The van der Waals surface area contributed by atoms with Gasteiger partial charge in [0.15, 0.2) is 0 Å². The molecule has 0 spiro atoms. The Balaban J connectivity index is 2.57. The largest absolute Gasteiger partial charge is 0.491 e. The highest BCUT2D eigenvalue weighted by atomic mass is 16.5. The number of hydrogen-bond acceptors (Lipinski definition) is 5. The van der Waals surface area contributed by atoms with Crippen LogP contribution < -0.4 is 10.1 Å². The van der Waals surface area contributed by atoms with E-state index in [2.05, 4.69) is 0 Å². The lowest BCUT2D eigenvalue weighted by Crippen LogP contribution is -2.28. The Labute approximate surface area is 103 Å². The second-order valence-corrected chi connectivity index (χ2v) is 3.48. The van der Waals surface area contributed by atoms with E-state index in [-0.39, 0.29) is 19.0 Å². The summed E-state index contributed by atoms with van der Waals surface area (Å²) in [7, 11) is 0. The second kappa shape index (κ2) is 6.58. The number of carbonyl (C=O) groups is 1. The van der Waals surface area contributed by atoms with Crippen LogP contribution in [0.15, 0.2) is 24.3 Å². The molecule has 1 rings (SSSR count). The molecule has 0 radical (unpaired) electrons. The van der Waals surface area contributed by atoms with Crippen molar-refractivity contribution in [1.29, 1.82) is 5.41 Å². The van der Waals surface area contributed by atoms with E-state index < -0.39 is 12.2 Å². The van der Waals surface area contributed by atoms with Gasteiger partial charge in [-0.2, -0.15) is 0 Å². The van der Waals surface area contributed by atoms with Crippen molar-refractivity contribution in [2.24, 2.45) is 0 Å². The highest BCUT2D eigenvalue weighted by Crippen LogP contribution is 2.12. The van der Waals surface area contributed by atoms with E-state index in [1.54, 1.807) is 0 Å². The highest BCUT2D eigenvalue weighted by Gasteiger charge is 2.06. The molecule has 18 heavy (non-hydrogen) atoms. The second-order valence-electron chi connectivity index (χ2n) is 3.48. The molecule has 7 heteroatoms. The van der Waals surface area contributed by atoms with Crippen LogP contribution in [-0.2, 0) is 0 Å². The lowest BCUT2D eigenvalue weighted by atomic mass is 10.2. The molecule has 0 aromatic heterocycles. The number of hydrogen-bond donors (Lipinski definition) is 5. The Bertz CT molecular complexity index is 418. The van der Waals surface area contributed by atoms with E-state index in [0.29, 0.717) is 11.3 Å². The SMILES string of the molecule is N=C(NC(=O)O)c1ccc(OCC(O)CO)cc1. The Morgan fingerprint density at radius 2 is 2.00 bits per heavy atom. The van der Waals surface area contributed by atoms with Crippen LogP contribution in [0.4, 0.5) is 4.79 Å². The standard InChI is InChI=1S/C11H14N2O5/c12-10(13-11(16)17)7-1-3-9(4-2-7)18-6-8(15)5-14/h1-4,8,14-15H,5-6H2,(H2,12,13)(H,16,17). The van der Waals surface area contributed by atoms with Gasteiger partial charge in [0.2, 0.25) is 0 Å². The monoisotopic (exact) mass is 254 g/mol. The molecule has 1 unspecified atom stereocenters. The molecule has 1 aromatic rings. The summed E-state index contributed by atoms with van der Waals surface area (Å²) in [6, 6.07) is 6.10. The van der Waals surface area contributed by atoms with Gasteiger partial charge >= 0.3 is 6.09 Å². The van der Waals surface area contributed by atoms with E-state index >= 15 is 0 Å². The van der Waals surface area contributed by atoms with Crippen LogP contribution in [0.5, 0.6) is 5.75 Å². The third-order valence-corrected chi connectivity index (χ3v) is 2.03. The summed E-state index contributed by atoms with van der Waals surface area (Å²) >= 11 is 0. The molecule has 0 aliphatic rings. The molecule has 0 saturated heterocycles. The molecule has 0 heterocycles. The molecular weight excluding hydrogens is 240 g/mol. The first kappa shape index (κ1) is 13.9. The van der Waals surface area contributed by atoms with Crippen molar-refractivity contribution in [2.75, 3.05) is 13.2 Å². The van der Waals surface area contributed by atoms with E-state index in [1.807, 2.05) is 5.32 Å². The summed E-state index contributed by atoms with van der Waals surface area (Å²) in [4.78, 5) is 10.3. The molecule has 5 N–H and O–H groups in total. The zero-order chi connectivity index (χ0) is 13.5. The third-order valence-electron chi connectivity index (χ3n) is 2.03. The lowest BCUT2D eigenvalue weighted by molar-refractivity contribution is 0.0536. The minimum absolute atomic E-state index is 0.0410. The van der Waals surface area contributed by atoms with Gasteiger partial charge in [0.25, 0.3) is 0 Å². The third kappa shape index (κ3) is 4.40. The van der Waals surface area contributed by atoms with Crippen LogP contribution in [0.3, 0.4) is 0 Å². The van der Waals surface area contributed by atoms with Gasteiger partial charge in [0, 0.05) is 5.56 Å². The van der Waals surface area contributed by atoms with Crippen molar-refractivity contribution in [3.63, 3.8) is 0 Å². The quantitative estimate of drug-likeness (QED) is 0.374. The number of ether oxygens (including phenoxy) is 1. The van der Waals surface area contributed by atoms with Crippen LogP contribution in [0.1, 0.15) is 5.56 Å². The van der Waals surface area contributed by atoms with E-state index in [0.717, 1.165) is 0 Å². The summed E-state index contributed by atoms with van der Waals surface area (Å²) in [5, 5.41) is 35.5. The van der Waals surface area contributed by atoms with Gasteiger partial charge in [-0.25, -0.2) is 4.79 Å². The smallest absolute Gasteiger partial charge is 0.410 e. The predicted molar refractivity (Wildman–Crippen MR) is 63.0 cm³/mol. The molecule has 1 amide bonds. The molecule has 7 nitrogen and oxygen atoms in total. The minimum atomic E-state index is -1.30. The molecule has 0 aliphatic heterocycles. The van der Waals surface area contributed by atoms with Gasteiger partial charge in [0.1, 0.15) is 24.3 Å². The maximum Gasteiger partial charge on any atom is 0.410 e. The molecule has 0 fully saturated rings. The van der Waals surface area contributed by atoms with Crippen molar-refractivity contribution in [2.45, 2.75) is 6.10 Å². The van der Waals surface area contributed by atoms with Crippen molar-refractivity contribution < 1.29 is 24.9 Å². The molecule has 98 valence electrons. The van der Waals surface area contributed by atoms with Gasteiger partial charge < -0.3 is 20.1 Å². The van der Waals surface area contributed by atoms with Gasteiger partial charge in [0.05, 0.1) is 6.61 Å². The van der Waals surface area contributed by atoms with Crippen LogP contribution in [0, 0.1) is 5.41 Å². The Hall–Kier alpha value is -2.12. The predicted octanol–water partition coefficient (Wildman–Crippen LogP) is 0.0116. The number of benzene rings is 1. The molecule has 0 saturated carbocycles. The zero-order valence-electron chi connectivity index (χ0n) is 9.46. The number of carboxylic acid groups (broad SMARTS) is 1. The van der Waals surface area contributed by atoms with Gasteiger partial charge in [-0.1, -0.05) is 0 Å². The maximum absolute atomic E-state index is 10.3. The number of amides is 1. The highest BCUT2D eigenvalue weighted by molar-refractivity contribution is 6.04. The van der Waals surface area contributed by atoms with Gasteiger partial charge in [-0.3, -0.25) is 10.7 Å². The summed E-state index contributed by atoms with van der Waals surface area (Å²) < 4.78 is 5.16. The molecule has 0 aliphatic carbocycles. The van der Waals surface area contributed by atoms with Crippen molar-refractivity contribution in [3.8, 4) is 5.75 Å². The average molecular weight is 254 g/mol. The molecular formula is C11H14N2O5. The molecule has 1 atom stereocenters. The average Bonchev–Trinajstić information content (AvgIpc) is 2.35. The first-order chi connectivity index (χ1) is 8.52. The summed E-state index contributed by atoms with van der Waals surface area (Å²) in [5.74, 6) is 0.221. The van der Waals surface area contributed by atoms with Crippen LogP contribution in [0.2, 0.25) is 0 Å². The van der Waals surface area contributed by atoms with Crippen LogP contribution in [0.25, 0.3) is 0 Å². The summed E-state index contributed by atoms with van der Waals surface area (Å²) in [5.41, 5.74) is 0.396. The van der Waals surface area contributed by atoms with Crippen molar-refractivity contribution in [1.82, 2.24) is 5.32 Å². The van der Waals surface area contributed by atoms with Crippen LogP contribution >= 0.6 is 0 Å². The van der Waals surface area contributed by atoms with Gasteiger partial charge in [-0.05, 0) is 24.3 Å². The van der Waals surface area contributed by atoms with Crippen LogP contribution in [-0.4, -0.2) is 46.6 Å². The minimum Gasteiger partial charge on any atom is -0.491 e. The summed E-state index contributed by atoms with van der Waals surface area (Å²) in [6.45, 7) is -0.425. The first-order valence-corrected chi connectivity index (χ1v) is 5.13. The fourth-order valence-corrected chi connectivity index (χ4v) is 1.14. The Kier molecular flexibility index (Phi) is 5.09. The number of rotatable bonds is 5. The lowest BCUT2D eigenvalue weighted by Gasteiger charge is -2.10. The topological polar surface area (TPSA) is 123 Å².